The van der Waals surface area contributed by atoms with E-state index in [0.29, 0.717) is 0 Å². The number of halogens is 3. The lowest BCUT2D eigenvalue weighted by Gasteiger charge is -2.33. The van der Waals surface area contributed by atoms with Crippen molar-refractivity contribution < 1.29 is 27.9 Å². The summed E-state index contributed by atoms with van der Waals surface area (Å²) in [6.07, 6.45) is -3.12. The van der Waals surface area contributed by atoms with Crippen LogP contribution in [0.5, 0.6) is 0 Å². The number of amides is 1. The summed E-state index contributed by atoms with van der Waals surface area (Å²) in [4.78, 5) is 26.3. The molecule has 3 N–H and O–H groups in total. The molecule has 0 unspecified atom stereocenters. The van der Waals surface area contributed by atoms with E-state index in [1.54, 1.807) is 0 Å². The maximum absolute atomic E-state index is 12.3. The van der Waals surface area contributed by atoms with Crippen LogP contribution in [0.4, 0.5) is 19.0 Å². The van der Waals surface area contributed by atoms with Crippen LogP contribution in [0.3, 0.4) is 0 Å². The Morgan fingerprint density at radius 3 is 2.33 bits per heavy atom. The van der Waals surface area contributed by atoms with Crippen molar-refractivity contribution in [1.82, 2.24) is 14.5 Å². The van der Waals surface area contributed by atoms with Crippen LogP contribution in [0.25, 0.3) is 0 Å². The van der Waals surface area contributed by atoms with E-state index in [-0.39, 0.29) is 43.5 Å². The van der Waals surface area contributed by atoms with Crippen LogP contribution < -0.4 is 5.73 Å². The normalized spacial score (nSPS) is 17.0. The molecule has 1 aliphatic heterocycles. The molecule has 0 atom stereocenters. The monoisotopic (exact) mass is 306 g/mol. The van der Waals surface area contributed by atoms with Gasteiger partial charge in [0, 0.05) is 19.1 Å². The number of alkyl halides is 3. The number of imidazole rings is 1. The van der Waals surface area contributed by atoms with Crippen molar-refractivity contribution >= 4 is 17.7 Å². The molecular weight excluding hydrogens is 293 g/mol. The Labute approximate surface area is 117 Å². The lowest BCUT2D eigenvalue weighted by molar-refractivity contribution is -0.186. The number of likely N-dealkylation sites (tertiary alicyclic amines) is 1. The van der Waals surface area contributed by atoms with E-state index < -0.39 is 18.1 Å². The third-order valence-electron chi connectivity index (χ3n) is 3.42. The van der Waals surface area contributed by atoms with Crippen molar-refractivity contribution in [2.24, 2.45) is 0 Å². The summed E-state index contributed by atoms with van der Waals surface area (Å²) in [6.45, 7) is -0.133. The number of carboxylic acids is 1. The van der Waals surface area contributed by atoms with Gasteiger partial charge in [-0.05, 0) is 12.8 Å². The number of nitrogens with two attached hydrogens (primary N) is 1. The summed E-state index contributed by atoms with van der Waals surface area (Å²) in [5.74, 6) is -3.16. The van der Waals surface area contributed by atoms with Gasteiger partial charge in [0.2, 0.25) is 0 Å². The van der Waals surface area contributed by atoms with Crippen LogP contribution in [-0.2, 0) is 4.79 Å². The molecule has 2 rings (SSSR count). The zero-order valence-electron chi connectivity index (χ0n) is 10.8. The van der Waals surface area contributed by atoms with Gasteiger partial charge in [0.25, 0.3) is 0 Å². The quantitative estimate of drug-likeness (QED) is 0.845. The van der Waals surface area contributed by atoms with Gasteiger partial charge in [-0.15, -0.1) is 0 Å². The molecule has 1 saturated heterocycles. The van der Waals surface area contributed by atoms with Gasteiger partial charge in [0.1, 0.15) is 5.82 Å². The van der Waals surface area contributed by atoms with Gasteiger partial charge in [-0.3, -0.25) is 4.79 Å². The smallest absolute Gasteiger partial charge is 0.471 e. The number of carboxylic acid groups (broad SMARTS) is 1. The fraction of sp³-hybridized carbons (Fsp3) is 0.545. The van der Waals surface area contributed by atoms with Gasteiger partial charge in [0.15, 0.2) is 5.69 Å². The minimum Gasteiger partial charge on any atom is -0.476 e. The highest BCUT2D eigenvalue weighted by atomic mass is 19.4. The van der Waals surface area contributed by atoms with E-state index in [1.807, 2.05) is 0 Å². The molecule has 0 spiro atoms. The maximum atomic E-state index is 12.3. The lowest BCUT2D eigenvalue weighted by Crippen LogP contribution is -2.45. The first-order valence-electron chi connectivity index (χ1n) is 6.13. The zero-order valence-corrected chi connectivity index (χ0v) is 10.8. The molecule has 2 heterocycles. The molecule has 0 aliphatic carbocycles. The van der Waals surface area contributed by atoms with E-state index in [2.05, 4.69) is 4.98 Å². The SMILES string of the molecule is Nc1c(C(=O)O)ncn1C1CCN(C(=O)C(F)(F)F)CC1. The summed E-state index contributed by atoms with van der Waals surface area (Å²) in [7, 11) is 0. The second-order valence-electron chi connectivity index (χ2n) is 4.71. The average Bonchev–Trinajstić information content (AvgIpc) is 2.79. The Morgan fingerprint density at radius 1 is 1.33 bits per heavy atom. The molecule has 21 heavy (non-hydrogen) atoms. The van der Waals surface area contributed by atoms with Gasteiger partial charge in [-0.2, -0.15) is 13.2 Å². The molecule has 116 valence electrons. The van der Waals surface area contributed by atoms with Crippen LogP contribution in [0.1, 0.15) is 29.4 Å². The van der Waals surface area contributed by atoms with Gasteiger partial charge >= 0.3 is 18.1 Å². The number of carbonyl (C=O) groups is 2. The van der Waals surface area contributed by atoms with Crippen molar-refractivity contribution in [2.75, 3.05) is 18.8 Å². The molecule has 1 fully saturated rings. The third-order valence-corrected chi connectivity index (χ3v) is 3.42. The number of carbonyl (C=O) groups excluding carboxylic acids is 1. The van der Waals surface area contributed by atoms with Crippen molar-refractivity contribution in [3.63, 3.8) is 0 Å². The molecule has 0 saturated carbocycles. The zero-order chi connectivity index (χ0) is 15.8. The first-order valence-corrected chi connectivity index (χ1v) is 6.13. The largest absolute Gasteiger partial charge is 0.476 e. The van der Waals surface area contributed by atoms with E-state index in [1.165, 1.54) is 10.9 Å². The first-order chi connectivity index (χ1) is 9.71. The van der Waals surface area contributed by atoms with E-state index >= 15 is 0 Å². The number of hydrogen-bond acceptors (Lipinski definition) is 4. The molecular formula is C11H13F3N4O3. The highest BCUT2D eigenvalue weighted by Crippen LogP contribution is 2.28. The van der Waals surface area contributed by atoms with Crippen molar-refractivity contribution in [1.29, 1.82) is 0 Å². The van der Waals surface area contributed by atoms with E-state index in [4.69, 9.17) is 10.8 Å². The summed E-state index contributed by atoms with van der Waals surface area (Å²) in [5, 5.41) is 8.85. The summed E-state index contributed by atoms with van der Waals surface area (Å²) >= 11 is 0. The second-order valence-corrected chi connectivity index (χ2v) is 4.71. The number of hydrogen-bond donors (Lipinski definition) is 2. The number of nitrogen functional groups attached to an aromatic ring is 1. The Balaban J connectivity index is 2.05. The summed E-state index contributed by atoms with van der Waals surface area (Å²) in [5.41, 5.74) is 5.37. The molecule has 0 aromatic carbocycles. The number of rotatable bonds is 2. The number of piperidine rings is 1. The minimum atomic E-state index is -4.88. The van der Waals surface area contributed by atoms with Gasteiger partial charge in [-0.25, -0.2) is 9.78 Å². The summed E-state index contributed by atoms with van der Waals surface area (Å²) < 4.78 is 38.4. The fourth-order valence-electron chi connectivity index (χ4n) is 2.35. The molecule has 0 bridgehead atoms. The van der Waals surface area contributed by atoms with E-state index in [0.717, 1.165) is 4.90 Å². The third kappa shape index (κ3) is 2.93. The topological polar surface area (TPSA) is 101 Å². The van der Waals surface area contributed by atoms with Gasteiger partial charge in [-0.1, -0.05) is 0 Å². The Kier molecular flexibility index (Phi) is 3.79. The molecule has 0 radical (unpaired) electrons. The Hall–Kier alpha value is -2.26. The highest BCUT2D eigenvalue weighted by Gasteiger charge is 2.43. The van der Waals surface area contributed by atoms with Gasteiger partial charge < -0.3 is 20.3 Å². The highest BCUT2D eigenvalue weighted by molar-refractivity contribution is 5.90. The minimum absolute atomic E-state index is 0.0388. The lowest BCUT2D eigenvalue weighted by atomic mass is 10.0. The van der Waals surface area contributed by atoms with Crippen molar-refractivity contribution in [2.45, 2.75) is 25.1 Å². The molecule has 7 nitrogen and oxygen atoms in total. The molecule has 10 heteroatoms. The fourth-order valence-corrected chi connectivity index (χ4v) is 2.35. The summed E-state index contributed by atoms with van der Waals surface area (Å²) in [6, 6.07) is -0.275. The average molecular weight is 306 g/mol. The van der Waals surface area contributed by atoms with E-state index in [9.17, 15) is 22.8 Å². The number of aromatic nitrogens is 2. The molecule has 1 amide bonds. The number of anilines is 1. The van der Waals surface area contributed by atoms with Crippen LogP contribution in [0, 0.1) is 0 Å². The van der Waals surface area contributed by atoms with Crippen LogP contribution in [-0.4, -0.2) is 50.7 Å². The molecule has 1 aromatic rings. The molecule has 1 aromatic heterocycles. The number of aromatic carboxylic acids is 1. The number of nitrogens with zero attached hydrogens (tertiary/aromatic N) is 3. The molecule has 1 aliphatic rings. The Morgan fingerprint density at radius 2 is 1.90 bits per heavy atom. The maximum Gasteiger partial charge on any atom is 0.471 e. The van der Waals surface area contributed by atoms with Crippen LogP contribution in [0.2, 0.25) is 0 Å². The van der Waals surface area contributed by atoms with Crippen LogP contribution >= 0.6 is 0 Å². The standard InChI is InChI=1S/C11H13F3N4O3/c12-11(13,14)10(21)17-3-1-6(2-4-17)18-5-16-7(8(18)15)9(19)20/h5-6H,1-4,15H2,(H,19,20). The first kappa shape index (κ1) is 15.1. The predicted molar refractivity (Wildman–Crippen MR) is 64.5 cm³/mol. The van der Waals surface area contributed by atoms with Crippen LogP contribution in [0.15, 0.2) is 6.33 Å². The van der Waals surface area contributed by atoms with Gasteiger partial charge in [0.05, 0.1) is 6.33 Å². The second kappa shape index (κ2) is 5.26. The predicted octanol–water partition coefficient (Wildman–Crippen LogP) is 0.889. The van der Waals surface area contributed by atoms with Crippen molar-refractivity contribution in [3.05, 3.63) is 12.0 Å². The Bertz CT molecular complexity index is 562. The van der Waals surface area contributed by atoms with Crippen molar-refractivity contribution in [3.8, 4) is 0 Å².